The molecular formula is C11H20N2. The maximum atomic E-state index is 5.95. The van der Waals surface area contributed by atoms with E-state index in [0.29, 0.717) is 5.54 Å². The average Bonchev–Trinajstić information content (AvgIpc) is 2.76. The van der Waals surface area contributed by atoms with Gasteiger partial charge in [0.2, 0.25) is 0 Å². The van der Waals surface area contributed by atoms with Gasteiger partial charge >= 0.3 is 0 Å². The Bertz CT molecular complexity index is 206. The summed E-state index contributed by atoms with van der Waals surface area (Å²) in [5, 5.41) is 0. The van der Waals surface area contributed by atoms with Crippen LogP contribution in [0.2, 0.25) is 0 Å². The highest BCUT2D eigenvalue weighted by atomic mass is 15.3. The Morgan fingerprint density at radius 2 is 1.62 bits per heavy atom. The topological polar surface area (TPSA) is 29.3 Å². The monoisotopic (exact) mass is 180 g/mol. The molecule has 1 aliphatic heterocycles. The van der Waals surface area contributed by atoms with Crippen molar-refractivity contribution in [2.45, 2.75) is 44.1 Å². The van der Waals surface area contributed by atoms with Crippen LogP contribution < -0.4 is 5.73 Å². The molecule has 0 bridgehead atoms. The highest BCUT2D eigenvalue weighted by Gasteiger charge is 2.57. The molecule has 0 aromatic rings. The molecule has 0 aromatic carbocycles. The minimum atomic E-state index is 0.438. The van der Waals surface area contributed by atoms with Crippen molar-refractivity contribution >= 4 is 0 Å². The molecule has 3 fully saturated rings. The Kier molecular flexibility index (Phi) is 1.58. The number of likely N-dealkylation sites (tertiary alicyclic amines) is 1. The molecule has 2 aliphatic carbocycles. The van der Waals surface area contributed by atoms with Crippen molar-refractivity contribution in [3.63, 3.8) is 0 Å². The van der Waals surface area contributed by atoms with Gasteiger partial charge in [-0.05, 0) is 31.1 Å². The second-order valence-electron chi connectivity index (χ2n) is 5.49. The van der Waals surface area contributed by atoms with Crippen LogP contribution in [0, 0.1) is 5.41 Å². The van der Waals surface area contributed by atoms with E-state index in [2.05, 4.69) is 4.90 Å². The zero-order chi connectivity index (χ0) is 8.94. The molecule has 2 nitrogen and oxygen atoms in total. The van der Waals surface area contributed by atoms with Crippen LogP contribution in [0.15, 0.2) is 0 Å². The Balaban J connectivity index is 1.68. The third-order valence-electron chi connectivity index (χ3n) is 4.59. The lowest BCUT2D eigenvalue weighted by Crippen LogP contribution is -2.62. The standard InChI is InChI=1S/C11H20N2/c12-7-11(3-1-2-4-11)13-8-10(9-13)5-6-10/h1-9,12H2. The van der Waals surface area contributed by atoms with Crippen molar-refractivity contribution in [1.82, 2.24) is 4.90 Å². The van der Waals surface area contributed by atoms with Crippen LogP contribution in [0.25, 0.3) is 0 Å². The van der Waals surface area contributed by atoms with Gasteiger partial charge in [-0.1, -0.05) is 12.8 Å². The minimum Gasteiger partial charge on any atom is -0.329 e. The zero-order valence-electron chi connectivity index (χ0n) is 8.39. The Morgan fingerprint density at radius 1 is 1.00 bits per heavy atom. The molecule has 2 saturated carbocycles. The summed E-state index contributed by atoms with van der Waals surface area (Å²) in [6, 6.07) is 0. The fourth-order valence-electron chi connectivity index (χ4n) is 3.27. The molecule has 13 heavy (non-hydrogen) atoms. The first-order valence-electron chi connectivity index (χ1n) is 5.74. The van der Waals surface area contributed by atoms with Crippen molar-refractivity contribution in [3.8, 4) is 0 Å². The molecule has 1 spiro atoms. The lowest BCUT2D eigenvalue weighted by molar-refractivity contribution is -0.0216. The van der Waals surface area contributed by atoms with E-state index in [4.69, 9.17) is 5.73 Å². The highest BCUT2D eigenvalue weighted by Crippen LogP contribution is 2.56. The lowest BCUT2D eigenvalue weighted by atomic mass is 9.85. The first-order valence-corrected chi connectivity index (χ1v) is 5.74. The first-order chi connectivity index (χ1) is 6.29. The molecule has 0 radical (unpaired) electrons. The summed E-state index contributed by atoms with van der Waals surface area (Å²) in [6.45, 7) is 3.62. The molecule has 74 valence electrons. The van der Waals surface area contributed by atoms with Gasteiger partial charge in [-0.15, -0.1) is 0 Å². The predicted molar refractivity (Wildman–Crippen MR) is 53.5 cm³/mol. The van der Waals surface area contributed by atoms with Gasteiger partial charge in [-0.3, -0.25) is 4.90 Å². The molecule has 1 saturated heterocycles. The Hall–Kier alpha value is -0.0800. The van der Waals surface area contributed by atoms with E-state index in [1.165, 1.54) is 51.6 Å². The number of nitrogens with zero attached hydrogens (tertiary/aromatic N) is 1. The second-order valence-corrected chi connectivity index (χ2v) is 5.49. The number of nitrogens with two attached hydrogens (primary N) is 1. The largest absolute Gasteiger partial charge is 0.329 e. The molecular weight excluding hydrogens is 160 g/mol. The van der Waals surface area contributed by atoms with E-state index in [9.17, 15) is 0 Å². The zero-order valence-corrected chi connectivity index (χ0v) is 8.39. The molecule has 2 N–H and O–H groups in total. The van der Waals surface area contributed by atoms with Gasteiger partial charge in [0.15, 0.2) is 0 Å². The summed E-state index contributed by atoms with van der Waals surface area (Å²) in [5.41, 5.74) is 7.18. The van der Waals surface area contributed by atoms with Crippen molar-refractivity contribution in [1.29, 1.82) is 0 Å². The first kappa shape index (κ1) is 8.25. The molecule has 0 amide bonds. The SMILES string of the molecule is NCC1(N2CC3(CC3)C2)CCCC1. The van der Waals surface area contributed by atoms with Gasteiger partial charge in [0.1, 0.15) is 0 Å². The summed E-state index contributed by atoms with van der Waals surface area (Å²) in [7, 11) is 0. The van der Waals surface area contributed by atoms with E-state index < -0.39 is 0 Å². The van der Waals surface area contributed by atoms with Crippen molar-refractivity contribution in [2.75, 3.05) is 19.6 Å². The maximum Gasteiger partial charge on any atom is 0.0332 e. The fourth-order valence-corrected chi connectivity index (χ4v) is 3.27. The van der Waals surface area contributed by atoms with E-state index in [1.807, 2.05) is 0 Å². The number of hydrogen-bond donors (Lipinski definition) is 1. The average molecular weight is 180 g/mol. The number of hydrogen-bond acceptors (Lipinski definition) is 2. The van der Waals surface area contributed by atoms with Crippen LogP contribution in [-0.2, 0) is 0 Å². The van der Waals surface area contributed by atoms with E-state index >= 15 is 0 Å². The number of rotatable bonds is 2. The molecule has 0 unspecified atom stereocenters. The van der Waals surface area contributed by atoms with Crippen LogP contribution >= 0.6 is 0 Å². The smallest absolute Gasteiger partial charge is 0.0332 e. The minimum absolute atomic E-state index is 0.438. The molecule has 0 aromatic heterocycles. The second kappa shape index (κ2) is 2.48. The third kappa shape index (κ3) is 1.08. The normalized spacial score (nSPS) is 34.8. The molecule has 1 heterocycles. The van der Waals surface area contributed by atoms with Crippen LogP contribution in [0.4, 0.5) is 0 Å². The van der Waals surface area contributed by atoms with Gasteiger partial charge < -0.3 is 5.73 Å². The lowest BCUT2D eigenvalue weighted by Gasteiger charge is -2.51. The van der Waals surface area contributed by atoms with Gasteiger partial charge in [0, 0.05) is 25.2 Å². The third-order valence-corrected chi connectivity index (χ3v) is 4.59. The van der Waals surface area contributed by atoms with Crippen LogP contribution in [-0.4, -0.2) is 30.1 Å². The predicted octanol–water partition coefficient (Wildman–Crippen LogP) is 1.35. The molecule has 2 heteroatoms. The summed E-state index contributed by atoms with van der Waals surface area (Å²) >= 11 is 0. The molecule has 3 rings (SSSR count). The van der Waals surface area contributed by atoms with Crippen LogP contribution in [0.3, 0.4) is 0 Å². The van der Waals surface area contributed by atoms with E-state index in [0.717, 1.165) is 12.0 Å². The quantitative estimate of drug-likeness (QED) is 0.695. The van der Waals surface area contributed by atoms with Crippen LogP contribution in [0.5, 0.6) is 0 Å². The highest BCUT2D eigenvalue weighted by molar-refractivity contribution is 5.11. The maximum absolute atomic E-state index is 5.95. The summed E-state index contributed by atoms with van der Waals surface area (Å²) in [4.78, 5) is 2.69. The van der Waals surface area contributed by atoms with Crippen molar-refractivity contribution in [3.05, 3.63) is 0 Å². The fraction of sp³-hybridized carbons (Fsp3) is 1.00. The van der Waals surface area contributed by atoms with Gasteiger partial charge in [-0.25, -0.2) is 0 Å². The van der Waals surface area contributed by atoms with Gasteiger partial charge in [0.05, 0.1) is 0 Å². The Morgan fingerprint density at radius 3 is 2.08 bits per heavy atom. The van der Waals surface area contributed by atoms with E-state index in [-0.39, 0.29) is 0 Å². The summed E-state index contributed by atoms with van der Waals surface area (Å²) in [6.07, 6.45) is 8.51. The van der Waals surface area contributed by atoms with Crippen LogP contribution in [0.1, 0.15) is 38.5 Å². The van der Waals surface area contributed by atoms with Crippen molar-refractivity contribution < 1.29 is 0 Å². The van der Waals surface area contributed by atoms with Gasteiger partial charge in [-0.2, -0.15) is 0 Å². The van der Waals surface area contributed by atoms with Gasteiger partial charge in [0.25, 0.3) is 0 Å². The Labute approximate surface area is 80.5 Å². The van der Waals surface area contributed by atoms with Crippen molar-refractivity contribution in [2.24, 2.45) is 11.1 Å². The summed E-state index contributed by atoms with van der Waals surface area (Å²) in [5.74, 6) is 0. The molecule has 3 aliphatic rings. The summed E-state index contributed by atoms with van der Waals surface area (Å²) < 4.78 is 0. The molecule has 0 atom stereocenters. The van der Waals surface area contributed by atoms with E-state index in [1.54, 1.807) is 0 Å².